The number of hydrogen-bond donors (Lipinski definition) is 0. The maximum Gasteiger partial charge on any atom is 0 e. The maximum atomic E-state index is 2.46. The van der Waals surface area contributed by atoms with Crippen molar-refractivity contribution in [3.63, 3.8) is 0 Å². The molecule has 4 aromatic rings. The summed E-state index contributed by atoms with van der Waals surface area (Å²) in [7, 11) is -0.727. The third-order valence-electron chi connectivity index (χ3n) is 6.02. The molecule has 0 aliphatic heterocycles. The van der Waals surface area contributed by atoms with Gasteiger partial charge in [-0.2, -0.15) is 0 Å². The molecule has 0 heterocycles. The summed E-state index contributed by atoms with van der Waals surface area (Å²) in [6.07, 6.45) is 2.49. The molecule has 33 heavy (non-hydrogen) atoms. The summed E-state index contributed by atoms with van der Waals surface area (Å²) in [5.41, 5.74) is 1.28. The Kier molecular flexibility index (Phi) is 10.5. The molecule has 0 saturated carbocycles. The molecule has 3 heteroatoms. The van der Waals surface area contributed by atoms with Gasteiger partial charge in [-0.05, 0) is 61.2 Å². The van der Waals surface area contributed by atoms with Gasteiger partial charge >= 0.3 is 0 Å². The van der Waals surface area contributed by atoms with Crippen LogP contribution in [0.3, 0.4) is 0 Å². The van der Waals surface area contributed by atoms with Gasteiger partial charge in [-0.3, -0.25) is 0 Å². The minimum Gasteiger partial charge on any atom is -0.0622 e. The van der Waals surface area contributed by atoms with Crippen LogP contribution in [0.25, 0.3) is 0 Å². The summed E-state index contributed by atoms with van der Waals surface area (Å²) < 4.78 is 0. The third-order valence-corrected chi connectivity index (χ3v) is 11.7. The fraction of sp³-hybridized carbons (Fsp3) is 0.200. The van der Waals surface area contributed by atoms with Crippen LogP contribution in [0.1, 0.15) is 26.7 Å². The Hall–Kier alpha value is -1.64. The van der Waals surface area contributed by atoms with Crippen molar-refractivity contribution in [1.82, 2.24) is 0 Å². The second-order valence-electron chi connectivity index (χ2n) is 8.36. The molecule has 0 bridgehead atoms. The second kappa shape index (κ2) is 13.3. The van der Waals surface area contributed by atoms with Crippen LogP contribution in [-0.2, 0) is 19.5 Å². The van der Waals surface area contributed by atoms with Crippen molar-refractivity contribution in [2.75, 3.05) is 0 Å². The van der Waals surface area contributed by atoms with Crippen LogP contribution >= 0.6 is 15.8 Å². The fourth-order valence-corrected chi connectivity index (χ4v) is 9.83. The van der Waals surface area contributed by atoms with E-state index in [-0.39, 0.29) is 35.3 Å². The molecule has 0 aliphatic rings. The van der Waals surface area contributed by atoms with Crippen molar-refractivity contribution in [2.45, 2.75) is 38.0 Å². The van der Waals surface area contributed by atoms with Gasteiger partial charge in [-0.25, -0.2) is 0 Å². The van der Waals surface area contributed by atoms with E-state index < -0.39 is 0 Å². The van der Waals surface area contributed by atoms with E-state index >= 15 is 0 Å². The first-order chi connectivity index (χ1) is 15.7. The average Bonchev–Trinajstić information content (AvgIpc) is 2.86. The normalized spacial score (nSPS) is 12.8. The number of hydrogen-bond acceptors (Lipinski definition) is 0. The van der Waals surface area contributed by atoms with Crippen LogP contribution in [0, 0.1) is 0 Å². The van der Waals surface area contributed by atoms with Crippen LogP contribution in [0.5, 0.6) is 0 Å². The van der Waals surface area contributed by atoms with E-state index in [0.29, 0.717) is 11.3 Å². The molecule has 0 radical (unpaired) electrons. The predicted molar refractivity (Wildman–Crippen MR) is 146 cm³/mol. The van der Waals surface area contributed by atoms with E-state index in [4.69, 9.17) is 0 Å². The van der Waals surface area contributed by atoms with Gasteiger partial charge in [0.25, 0.3) is 0 Å². The molecule has 0 aliphatic carbocycles. The van der Waals surface area contributed by atoms with Gasteiger partial charge in [0.05, 0.1) is 0 Å². The van der Waals surface area contributed by atoms with Crippen LogP contribution in [0.4, 0.5) is 0 Å². The second-order valence-corrected chi connectivity index (χ2v) is 13.7. The van der Waals surface area contributed by atoms with Crippen LogP contribution in [0.2, 0.25) is 0 Å². The predicted octanol–water partition coefficient (Wildman–Crippen LogP) is 6.81. The van der Waals surface area contributed by atoms with Crippen molar-refractivity contribution in [2.24, 2.45) is 0 Å². The summed E-state index contributed by atoms with van der Waals surface area (Å²) in [4.78, 5) is 0. The third kappa shape index (κ3) is 6.93. The SMILES string of the molecule is CC(CCC(C)P(c1ccccc1)c1ccccc1)P(c1ccccc1)c1ccccc1.[Ru]. The van der Waals surface area contributed by atoms with E-state index in [9.17, 15) is 0 Å². The van der Waals surface area contributed by atoms with E-state index in [0.717, 1.165) is 0 Å². The largest absolute Gasteiger partial charge is 0.0622 e. The van der Waals surface area contributed by atoms with Gasteiger partial charge in [-0.1, -0.05) is 135 Å². The quantitative estimate of drug-likeness (QED) is 0.157. The Balaban J connectivity index is 0.00000306. The van der Waals surface area contributed by atoms with Gasteiger partial charge in [0, 0.05) is 19.5 Å². The first-order valence-corrected chi connectivity index (χ1v) is 14.3. The van der Waals surface area contributed by atoms with E-state index in [2.05, 4.69) is 135 Å². The molecule has 0 spiro atoms. The average molecular weight is 556 g/mol. The van der Waals surface area contributed by atoms with Crippen LogP contribution in [-0.4, -0.2) is 11.3 Å². The molecule has 4 rings (SSSR count). The topological polar surface area (TPSA) is 0 Å². The zero-order valence-corrected chi connectivity index (χ0v) is 22.9. The van der Waals surface area contributed by atoms with Crippen molar-refractivity contribution < 1.29 is 19.5 Å². The fourth-order valence-electron chi connectivity index (χ4n) is 4.41. The van der Waals surface area contributed by atoms with Crippen LogP contribution < -0.4 is 21.2 Å². The zero-order chi connectivity index (χ0) is 22.2. The molecule has 2 atom stereocenters. The van der Waals surface area contributed by atoms with Crippen molar-refractivity contribution >= 4 is 37.1 Å². The number of benzene rings is 4. The Labute approximate surface area is 215 Å². The zero-order valence-electron chi connectivity index (χ0n) is 19.4. The first-order valence-electron chi connectivity index (χ1n) is 11.5. The Bertz CT molecular complexity index is 887. The Morgan fingerprint density at radius 2 is 0.636 bits per heavy atom. The Morgan fingerprint density at radius 1 is 0.424 bits per heavy atom. The molecule has 0 nitrogen and oxygen atoms in total. The molecular formula is C30H32P2Ru. The number of rotatable bonds is 9. The first kappa shape index (κ1) is 26.0. The summed E-state index contributed by atoms with van der Waals surface area (Å²) >= 11 is 0. The molecule has 2 unspecified atom stereocenters. The monoisotopic (exact) mass is 556 g/mol. The van der Waals surface area contributed by atoms with Gasteiger partial charge in [0.2, 0.25) is 0 Å². The standard InChI is InChI=1S/C30H32P2.Ru/c1-25(31(27-15-7-3-8-16-27)28-17-9-4-10-18-28)23-24-26(2)32(29-19-11-5-12-20-29)30-21-13-6-14-22-30;/h3-22,25-26H,23-24H2,1-2H3;. The maximum absolute atomic E-state index is 2.46. The Morgan fingerprint density at radius 3 is 0.848 bits per heavy atom. The summed E-state index contributed by atoms with van der Waals surface area (Å²) in [6.45, 7) is 4.93. The van der Waals surface area contributed by atoms with Crippen LogP contribution in [0.15, 0.2) is 121 Å². The van der Waals surface area contributed by atoms with E-state index in [1.165, 1.54) is 34.1 Å². The van der Waals surface area contributed by atoms with E-state index in [1.807, 2.05) is 0 Å². The summed E-state index contributed by atoms with van der Waals surface area (Å²) in [5, 5.41) is 5.95. The van der Waals surface area contributed by atoms with Crippen molar-refractivity contribution in [3.05, 3.63) is 121 Å². The minimum atomic E-state index is -0.363. The molecule has 0 N–H and O–H groups in total. The van der Waals surface area contributed by atoms with Gasteiger partial charge in [0.1, 0.15) is 0 Å². The molecule has 0 fully saturated rings. The van der Waals surface area contributed by atoms with E-state index in [1.54, 1.807) is 0 Å². The molecule has 0 saturated heterocycles. The smallest absolute Gasteiger partial charge is 0 e. The summed E-state index contributed by atoms with van der Waals surface area (Å²) in [6, 6.07) is 44.6. The summed E-state index contributed by atoms with van der Waals surface area (Å²) in [5.74, 6) is 0. The van der Waals surface area contributed by atoms with Gasteiger partial charge in [0.15, 0.2) is 0 Å². The van der Waals surface area contributed by atoms with Crippen molar-refractivity contribution in [1.29, 1.82) is 0 Å². The minimum absolute atomic E-state index is 0. The molecular weight excluding hydrogens is 523 g/mol. The molecule has 170 valence electrons. The van der Waals surface area contributed by atoms with Crippen molar-refractivity contribution in [3.8, 4) is 0 Å². The van der Waals surface area contributed by atoms with Gasteiger partial charge < -0.3 is 0 Å². The van der Waals surface area contributed by atoms with Gasteiger partial charge in [-0.15, -0.1) is 0 Å². The molecule has 4 aromatic carbocycles. The molecule has 0 amide bonds. The molecule has 0 aromatic heterocycles.